The maximum Gasteiger partial charge on any atom is 0.276 e. The van der Waals surface area contributed by atoms with Crippen molar-refractivity contribution in [2.24, 2.45) is 5.10 Å². The van der Waals surface area contributed by atoms with Crippen LogP contribution in [0.1, 0.15) is 32.3 Å². The molecule has 0 spiro atoms. The fourth-order valence-corrected chi connectivity index (χ4v) is 3.33. The molecule has 0 saturated heterocycles. The van der Waals surface area contributed by atoms with Crippen LogP contribution >= 0.6 is 0 Å². The lowest BCUT2D eigenvalue weighted by Crippen LogP contribution is -2.18. The summed E-state index contributed by atoms with van der Waals surface area (Å²) in [6, 6.07) is 9.60. The first-order chi connectivity index (χ1) is 14.4. The van der Waals surface area contributed by atoms with Crippen LogP contribution in [0, 0.1) is 0 Å². The molecule has 0 aliphatic rings. The van der Waals surface area contributed by atoms with Gasteiger partial charge in [0.15, 0.2) is 23.0 Å². The molecule has 0 saturated carbocycles. The van der Waals surface area contributed by atoms with Gasteiger partial charge in [-0.25, -0.2) is 4.83 Å². The second-order valence-corrected chi connectivity index (χ2v) is 7.87. The molecule has 0 aliphatic heterocycles. The zero-order valence-corrected chi connectivity index (χ0v) is 18.5. The van der Waals surface area contributed by atoms with Gasteiger partial charge in [0.25, 0.3) is 10.0 Å². The van der Waals surface area contributed by atoms with E-state index in [1.54, 1.807) is 18.2 Å². The monoisotopic (exact) mass is 436 g/mol. The van der Waals surface area contributed by atoms with Crippen LogP contribution in [-0.2, 0) is 10.0 Å². The van der Waals surface area contributed by atoms with Crippen LogP contribution in [-0.4, -0.2) is 42.1 Å². The maximum absolute atomic E-state index is 12.5. The highest BCUT2D eigenvalue weighted by Crippen LogP contribution is 2.30. The third-order valence-electron chi connectivity index (χ3n) is 4.07. The second-order valence-electron chi connectivity index (χ2n) is 6.21. The van der Waals surface area contributed by atoms with Crippen molar-refractivity contribution >= 4 is 16.2 Å². The Hall–Kier alpha value is -2.94. The molecule has 0 amide bonds. The standard InChI is InChI=1S/C21H28N2O6S/c1-5-7-12-29-19-10-8-16(13-21(19)28-6-2)15-22-23-30(24,25)17-9-11-18(26-3)20(14-17)27-4/h8-11,13-15,23H,5-7,12H2,1-4H3/b22-15+. The highest BCUT2D eigenvalue weighted by molar-refractivity contribution is 7.89. The highest BCUT2D eigenvalue weighted by atomic mass is 32.2. The molecule has 0 bridgehead atoms. The Labute approximate surface area is 177 Å². The van der Waals surface area contributed by atoms with Crippen molar-refractivity contribution in [3.05, 3.63) is 42.0 Å². The second kappa shape index (κ2) is 11.3. The van der Waals surface area contributed by atoms with Crippen molar-refractivity contribution in [1.29, 1.82) is 0 Å². The van der Waals surface area contributed by atoms with Crippen LogP contribution in [0.5, 0.6) is 23.0 Å². The molecular weight excluding hydrogens is 408 g/mol. The topological polar surface area (TPSA) is 95.5 Å². The van der Waals surface area contributed by atoms with Crippen molar-refractivity contribution in [3.63, 3.8) is 0 Å². The van der Waals surface area contributed by atoms with Gasteiger partial charge in [0.05, 0.1) is 38.5 Å². The molecule has 0 aliphatic carbocycles. The Morgan fingerprint density at radius 3 is 2.33 bits per heavy atom. The first-order valence-electron chi connectivity index (χ1n) is 9.61. The number of hydrazone groups is 1. The van der Waals surface area contributed by atoms with Gasteiger partial charge in [-0.1, -0.05) is 13.3 Å². The van der Waals surface area contributed by atoms with Crippen LogP contribution in [0.25, 0.3) is 0 Å². The van der Waals surface area contributed by atoms with E-state index in [0.29, 0.717) is 41.8 Å². The minimum absolute atomic E-state index is 0.00646. The smallest absolute Gasteiger partial charge is 0.276 e. The number of methoxy groups -OCH3 is 2. The predicted molar refractivity (Wildman–Crippen MR) is 115 cm³/mol. The number of hydrogen-bond acceptors (Lipinski definition) is 7. The summed E-state index contributed by atoms with van der Waals surface area (Å²) in [4.78, 5) is 2.20. The van der Waals surface area contributed by atoms with Crippen LogP contribution < -0.4 is 23.8 Å². The predicted octanol–water partition coefficient (Wildman–Crippen LogP) is 3.59. The first kappa shape index (κ1) is 23.3. The minimum Gasteiger partial charge on any atom is -0.493 e. The molecule has 0 radical (unpaired) electrons. The van der Waals surface area contributed by atoms with Crippen molar-refractivity contribution in [1.82, 2.24) is 4.83 Å². The average molecular weight is 437 g/mol. The van der Waals surface area contributed by atoms with Crippen molar-refractivity contribution < 1.29 is 27.4 Å². The molecule has 30 heavy (non-hydrogen) atoms. The number of hydrogen-bond donors (Lipinski definition) is 1. The summed E-state index contributed by atoms with van der Waals surface area (Å²) < 4.78 is 46.6. The van der Waals surface area contributed by atoms with Gasteiger partial charge in [-0.15, -0.1) is 0 Å². The fourth-order valence-electron chi connectivity index (χ4n) is 2.53. The summed E-state index contributed by atoms with van der Waals surface area (Å²) >= 11 is 0. The number of rotatable bonds is 12. The zero-order chi connectivity index (χ0) is 22.0. The van der Waals surface area contributed by atoms with E-state index in [2.05, 4.69) is 16.9 Å². The van der Waals surface area contributed by atoms with Gasteiger partial charge in [-0.3, -0.25) is 0 Å². The van der Waals surface area contributed by atoms with E-state index < -0.39 is 10.0 Å². The summed E-state index contributed by atoms with van der Waals surface area (Å²) in [6.45, 7) is 5.06. The number of unbranched alkanes of at least 4 members (excludes halogenated alkanes) is 1. The molecule has 0 atom stereocenters. The molecule has 164 valence electrons. The van der Waals surface area contributed by atoms with Crippen LogP contribution in [0.4, 0.5) is 0 Å². The quantitative estimate of drug-likeness (QED) is 0.310. The van der Waals surface area contributed by atoms with Crippen LogP contribution in [0.3, 0.4) is 0 Å². The van der Waals surface area contributed by atoms with Gasteiger partial charge in [0.2, 0.25) is 0 Å². The van der Waals surface area contributed by atoms with E-state index in [0.717, 1.165) is 12.8 Å². The third-order valence-corrected chi connectivity index (χ3v) is 5.30. The van der Waals surface area contributed by atoms with Crippen LogP contribution in [0.15, 0.2) is 46.4 Å². The van der Waals surface area contributed by atoms with Crippen molar-refractivity contribution in [2.45, 2.75) is 31.6 Å². The molecule has 2 rings (SSSR count). The van der Waals surface area contributed by atoms with E-state index in [-0.39, 0.29) is 4.90 Å². The third kappa shape index (κ3) is 6.28. The number of nitrogens with zero attached hydrogens (tertiary/aromatic N) is 1. The number of benzene rings is 2. The van der Waals surface area contributed by atoms with Gasteiger partial charge in [-0.05, 0) is 49.2 Å². The molecule has 2 aromatic carbocycles. The summed E-state index contributed by atoms with van der Waals surface area (Å²) in [5.41, 5.74) is 0.663. The zero-order valence-electron chi connectivity index (χ0n) is 17.7. The normalized spacial score (nSPS) is 11.3. The summed E-state index contributed by atoms with van der Waals surface area (Å²) in [7, 11) is -0.958. The fraction of sp³-hybridized carbons (Fsp3) is 0.381. The van der Waals surface area contributed by atoms with E-state index >= 15 is 0 Å². The molecule has 1 N–H and O–H groups in total. The largest absolute Gasteiger partial charge is 0.493 e. The Bertz CT molecular complexity index is 960. The Balaban J connectivity index is 2.14. The van der Waals surface area contributed by atoms with E-state index in [1.807, 2.05) is 6.92 Å². The van der Waals surface area contributed by atoms with E-state index in [9.17, 15) is 8.42 Å². The highest BCUT2D eigenvalue weighted by Gasteiger charge is 2.16. The lowest BCUT2D eigenvalue weighted by atomic mass is 10.2. The summed E-state index contributed by atoms with van der Waals surface area (Å²) in [5.74, 6) is 1.97. The van der Waals surface area contributed by atoms with Gasteiger partial charge >= 0.3 is 0 Å². The van der Waals surface area contributed by atoms with Gasteiger partial charge in [-0.2, -0.15) is 13.5 Å². The SMILES string of the molecule is CCCCOc1ccc(/C=N/NS(=O)(=O)c2ccc(OC)c(OC)c2)cc1OCC. The number of sulfonamides is 1. The molecule has 8 nitrogen and oxygen atoms in total. The van der Waals surface area contributed by atoms with Gasteiger partial charge in [0.1, 0.15) is 0 Å². The van der Waals surface area contributed by atoms with Gasteiger partial charge < -0.3 is 18.9 Å². The minimum atomic E-state index is -3.87. The van der Waals surface area contributed by atoms with Crippen LogP contribution in [0.2, 0.25) is 0 Å². The summed E-state index contributed by atoms with van der Waals surface area (Å²) in [5, 5.41) is 3.86. The van der Waals surface area contributed by atoms with Crippen molar-refractivity contribution in [3.8, 4) is 23.0 Å². The Kier molecular flexibility index (Phi) is 8.79. The number of ether oxygens (including phenoxy) is 4. The number of nitrogens with one attached hydrogen (secondary N) is 1. The van der Waals surface area contributed by atoms with E-state index in [1.165, 1.54) is 38.6 Å². The molecule has 0 unspecified atom stereocenters. The average Bonchev–Trinajstić information content (AvgIpc) is 2.74. The van der Waals surface area contributed by atoms with Crippen molar-refractivity contribution in [2.75, 3.05) is 27.4 Å². The Morgan fingerprint density at radius 1 is 0.933 bits per heavy atom. The first-order valence-corrected chi connectivity index (χ1v) is 11.1. The molecule has 9 heteroatoms. The lowest BCUT2D eigenvalue weighted by molar-refractivity contribution is 0.272. The molecular formula is C21H28N2O6S. The van der Waals surface area contributed by atoms with Gasteiger partial charge in [0, 0.05) is 6.07 Å². The molecule has 0 fully saturated rings. The lowest BCUT2D eigenvalue weighted by Gasteiger charge is -2.12. The maximum atomic E-state index is 12.5. The Morgan fingerprint density at radius 2 is 1.67 bits per heavy atom. The van der Waals surface area contributed by atoms with E-state index in [4.69, 9.17) is 18.9 Å². The molecule has 0 aromatic heterocycles. The summed E-state index contributed by atoms with van der Waals surface area (Å²) in [6.07, 6.45) is 3.39. The molecule has 0 heterocycles. The molecule has 2 aromatic rings.